The van der Waals surface area contributed by atoms with Crippen LogP contribution >= 0.6 is 0 Å². The van der Waals surface area contributed by atoms with Crippen LogP contribution in [-0.4, -0.2) is 27.6 Å². The zero-order chi connectivity index (χ0) is 18.4. The number of hydroxylamine groups is 1. The van der Waals surface area contributed by atoms with Crippen LogP contribution in [0.4, 0.5) is 4.39 Å². The molecule has 3 aromatic rings. The highest BCUT2D eigenvalue weighted by atomic mass is 19.1. The molecule has 1 aromatic carbocycles. The monoisotopic (exact) mass is 354 g/mol. The normalized spacial score (nSPS) is 11.3. The van der Waals surface area contributed by atoms with Gasteiger partial charge in [0.15, 0.2) is 0 Å². The molecule has 2 aromatic heterocycles. The Hall–Kier alpha value is -3.03. The Kier molecular flexibility index (Phi) is 5.73. The van der Waals surface area contributed by atoms with E-state index >= 15 is 0 Å². The van der Waals surface area contributed by atoms with Crippen molar-refractivity contribution in [3.63, 3.8) is 0 Å². The number of rotatable bonds is 7. The summed E-state index contributed by atoms with van der Waals surface area (Å²) in [6.07, 6.45) is 5.15. The predicted molar refractivity (Wildman–Crippen MR) is 96.9 cm³/mol. The van der Waals surface area contributed by atoms with Crippen LogP contribution in [0.3, 0.4) is 0 Å². The van der Waals surface area contributed by atoms with E-state index in [0.29, 0.717) is 24.2 Å². The number of aromatic amines is 1. The van der Waals surface area contributed by atoms with Gasteiger partial charge in [-0.1, -0.05) is 12.1 Å². The van der Waals surface area contributed by atoms with Gasteiger partial charge in [-0.05, 0) is 35.9 Å². The van der Waals surface area contributed by atoms with E-state index in [0.717, 1.165) is 29.2 Å². The molecule has 0 unspecified atom stereocenters. The first kappa shape index (κ1) is 17.8. The smallest absolute Gasteiger partial charge is 0.267 e. The Labute approximate surface area is 149 Å². The van der Waals surface area contributed by atoms with Gasteiger partial charge in [-0.15, -0.1) is 0 Å². The van der Waals surface area contributed by atoms with Gasteiger partial charge in [0.1, 0.15) is 11.5 Å². The average molecular weight is 354 g/mol. The maximum Gasteiger partial charge on any atom is 0.267 e. The maximum atomic E-state index is 14.1. The van der Waals surface area contributed by atoms with Gasteiger partial charge < -0.3 is 10.3 Å². The highest BCUT2D eigenvalue weighted by Gasteiger charge is 2.04. The third-order valence-corrected chi connectivity index (χ3v) is 3.95. The highest BCUT2D eigenvalue weighted by molar-refractivity contribution is 5.90. The molecule has 134 valence electrons. The second kappa shape index (κ2) is 8.37. The van der Waals surface area contributed by atoms with Crippen molar-refractivity contribution >= 4 is 23.0 Å². The topological polar surface area (TPSA) is 90.0 Å². The molecule has 0 atom stereocenters. The number of halogens is 1. The van der Waals surface area contributed by atoms with Crippen LogP contribution in [0, 0.1) is 5.82 Å². The minimum absolute atomic E-state index is 0.352. The van der Waals surface area contributed by atoms with E-state index in [9.17, 15) is 9.18 Å². The van der Waals surface area contributed by atoms with E-state index in [4.69, 9.17) is 5.21 Å². The van der Waals surface area contributed by atoms with Crippen LogP contribution < -0.4 is 10.8 Å². The zero-order valence-electron chi connectivity index (χ0n) is 14.0. The molecule has 0 aliphatic rings. The van der Waals surface area contributed by atoms with Crippen molar-refractivity contribution in [2.45, 2.75) is 13.0 Å². The second-order valence-electron chi connectivity index (χ2n) is 5.81. The van der Waals surface area contributed by atoms with Gasteiger partial charge >= 0.3 is 0 Å². The zero-order valence-corrected chi connectivity index (χ0v) is 14.0. The fraction of sp³-hybridized carbons (Fsp3) is 0.158. The molecule has 0 bridgehead atoms. The number of pyridine rings is 1. The summed E-state index contributed by atoms with van der Waals surface area (Å²) in [5.41, 5.74) is 4.40. The van der Waals surface area contributed by atoms with Crippen molar-refractivity contribution in [1.29, 1.82) is 0 Å². The fourth-order valence-corrected chi connectivity index (χ4v) is 2.57. The van der Waals surface area contributed by atoms with Crippen molar-refractivity contribution in [1.82, 2.24) is 20.8 Å². The molecular weight excluding hydrogens is 335 g/mol. The number of benzene rings is 1. The molecular formula is C19H19FN4O2. The molecule has 4 N–H and O–H groups in total. The minimum atomic E-state index is -0.665. The van der Waals surface area contributed by atoms with Crippen molar-refractivity contribution in [3.05, 3.63) is 71.3 Å². The fourth-order valence-electron chi connectivity index (χ4n) is 2.57. The van der Waals surface area contributed by atoms with Crippen LogP contribution in [-0.2, 0) is 17.8 Å². The van der Waals surface area contributed by atoms with Gasteiger partial charge in [-0.2, -0.15) is 0 Å². The van der Waals surface area contributed by atoms with E-state index in [1.807, 2.05) is 24.4 Å². The summed E-state index contributed by atoms with van der Waals surface area (Å²) in [6, 6.07) is 10.7. The van der Waals surface area contributed by atoms with Crippen LogP contribution in [0.15, 0.2) is 48.7 Å². The number of hydrogen-bond acceptors (Lipinski definition) is 4. The molecule has 0 aliphatic carbocycles. The van der Waals surface area contributed by atoms with Gasteiger partial charge in [0.2, 0.25) is 0 Å². The Morgan fingerprint density at radius 3 is 2.96 bits per heavy atom. The lowest BCUT2D eigenvalue weighted by molar-refractivity contribution is -0.124. The molecule has 6 nitrogen and oxygen atoms in total. The molecule has 0 aliphatic heterocycles. The highest BCUT2D eigenvalue weighted by Crippen LogP contribution is 2.12. The standard InChI is InChI=1S/C19H19FN4O2/c20-17-11-13(2-6-18(25)24-26)1-3-15(17)12-21-9-8-16-5-4-14-7-10-22-19(14)23-16/h1-7,10-11,21,26H,8-9,12H2,(H,22,23)(H,24,25)/b6-2+. The average Bonchev–Trinajstić information content (AvgIpc) is 3.12. The molecule has 7 heteroatoms. The van der Waals surface area contributed by atoms with Crippen LogP contribution in [0.5, 0.6) is 0 Å². The summed E-state index contributed by atoms with van der Waals surface area (Å²) in [6.45, 7) is 1.08. The van der Waals surface area contributed by atoms with Crippen LogP contribution in [0.25, 0.3) is 17.1 Å². The van der Waals surface area contributed by atoms with E-state index in [2.05, 4.69) is 15.3 Å². The SMILES string of the molecule is O=C(/C=C/c1ccc(CNCCc2ccc3cc[nH]c3n2)c(F)c1)NO. The number of amides is 1. The largest absolute Gasteiger partial charge is 0.346 e. The number of carbonyl (C=O) groups is 1. The summed E-state index contributed by atoms with van der Waals surface area (Å²) in [7, 11) is 0. The first-order valence-corrected chi connectivity index (χ1v) is 8.20. The van der Waals surface area contributed by atoms with E-state index in [-0.39, 0.29) is 5.82 Å². The molecule has 0 saturated heterocycles. The Morgan fingerprint density at radius 2 is 2.15 bits per heavy atom. The molecule has 0 fully saturated rings. The molecule has 3 rings (SSSR count). The van der Waals surface area contributed by atoms with Crippen LogP contribution in [0.1, 0.15) is 16.8 Å². The quantitative estimate of drug-likeness (QED) is 0.227. The second-order valence-corrected chi connectivity index (χ2v) is 5.81. The number of hydrogen-bond donors (Lipinski definition) is 4. The molecule has 2 heterocycles. The molecule has 26 heavy (non-hydrogen) atoms. The van der Waals surface area contributed by atoms with Crippen molar-refractivity contribution in [2.24, 2.45) is 0 Å². The maximum absolute atomic E-state index is 14.1. The Morgan fingerprint density at radius 1 is 1.27 bits per heavy atom. The lowest BCUT2D eigenvalue weighted by Crippen LogP contribution is -2.18. The van der Waals surface area contributed by atoms with Gasteiger partial charge in [0.25, 0.3) is 5.91 Å². The third kappa shape index (κ3) is 4.53. The molecule has 0 spiro atoms. The van der Waals surface area contributed by atoms with Gasteiger partial charge in [-0.25, -0.2) is 14.9 Å². The molecule has 0 radical (unpaired) electrons. The Balaban J connectivity index is 1.51. The molecule has 0 saturated carbocycles. The Bertz CT molecular complexity index is 936. The minimum Gasteiger partial charge on any atom is -0.346 e. The summed E-state index contributed by atoms with van der Waals surface area (Å²) in [5, 5.41) is 12.7. The number of aromatic nitrogens is 2. The van der Waals surface area contributed by atoms with Gasteiger partial charge in [0, 0.05) is 48.4 Å². The van der Waals surface area contributed by atoms with E-state index in [1.54, 1.807) is 12.1 Å². The van der Waals surface area contributed by atoms with E-state index < -0.39 is 5.91 Å². The summed E-state index contributed by atoms with van der Waals surface area (Å²) < 4.78 is 14.1. The van der Waals surface area contributed by atoms with Gasteiger partial charge in [-0.3, -0.25) is 10.0 Å². The first-order valence-electron chi connectivity index (χ1n) is 8.20. The predicted octanol–water partition coefficient (Wildman–Crippen LogP) is 2.55. The number of nitrogens with zero attached hydrogens (tertiary/aromatic N) is 1. The number of nitrogens with one attached hydrogen (secondary N) is 3. The lowest BCUT2D eigenvalue weighted by atomic mass is 10.1. The van der Waals surface area contributed by atoms with E-state index in [1.165, 1.54) is 17.6 Å². The summed E-state index contributed by atoms with van der Waals surface area (Å²) >= 11 is 0. The number of carbonyl (C=O) groups excluding carboxylic acids is 1. The first-order chi connectivity index (χ1) is 12.7. The third-order valence-electron chi connectivity index (χ3n) is 3.95. The summed E-state index contributed by atoms with van der Waals surface area (Å²) in [5.74, 6) is -1.02. The molecule has 1 amide bonds. The number of H-pyrrole nitrogens is 1. The van der Waals surface area contributed by atoms with Crippen molar-refractivity contribution in [2.75, 3.05) is 6.54 Å². The number of fused-ring (bicyclic) bond motifs is 1. The van der Waals surface area contributed by atoms with Crippen LogP contribution in [0.2, 0.25) is 0 Å². The van der Waals surface area contributed by atoms with Crippen molar-refractivity contribution < 1.29 is 14.4 Å². The lowest BCUT2D eigenvalue weighted by Gasteiger charge is -2.07. The van der Waals surface area contributed by atoms with Gasteiger partial charge in [0.05, 0.1) is 0 Å². The summed E-state index contributed by atoms with van der Waals surface area (Å²) in [4.78, 5) is 18.5. The van der Waals surface area contributed by atoms with Crippen molar-refractivity contribution in [3.8, 4) is 0 Å².